The second kappa shape index (κ2) is 9.51. The van der Waals surface area contributed by atoms with E-state index in [-0.39, 0.29) is 0 Å². The first-order chi connectivity index (χ1) is 11.7. The number of H-pyrrole nitrogens is 1. The van der Waals surface area contributed by atoms with Crippen LogP contribution in [0.15, 0.2) is 29.3 Å². The van der Waals surface area contributed by atoms with Crippen LogP contribution in [0.1, 0.15) is 19.2 Å². The third-order valence-electron chi connectivity index (χ3n) is 3.25. The zero-order valence-electron chi connectivity index (χ0n) is 14.1. The molecule has 2 aromatic rings. The number of methoxy groups -OCH3 is 1. The van der Waals surface area contributed by atoms with Crippen molar-refractivity contribution in [3.8, 4) is 17.1 Å². The summed E-state index contributed by atoms with van der Waals surface area (Å²) in [5.74, 6) is 2.45. The molecule has 0 radical (unpaired) electrons. The van der Waals surface area contributed by atoms with Crippen molar-refractivity contribution in [3.05, 3.63) is 30.1 Å². The van der Waals surface area contributed by atoms with Gasteiger partial charge < -0.3 is 20.5 Å². The number of hydrogen-bond acceptors (Lipinski definition) is 5. The van der Waals surface area contributed by atoms with Crippen LogP contribution in [0.5, 0.6) is 5.75 Å². The SMILES string of the molecule is CCOCCCNC(N)=NCc1nc(-c2ccc(OC)cc2)n[nH]1. The predicted octanol–water partition coefficient (Wildman–Crippen LogP) is 1.31. The molecule has 0 atom stereocenters. The summed E-state index contributed by atoms with van der Waals surface area (Å²) in [5.41, 5.74) is 6.72. The van der Waals surface area contributed by atoms with Crippen LogP contribution < -0.4 is 15.8 Å². The van der Waals surface area contributed by atoms with Crippen molar-refractivity contribution in [2.24, 2.45) is 10.7 Å². The Balaban J connectivity index is 1.83. The molecule has 0 saturated heterocycles. The molecular formula is C16H24N6O2. The minimum atomic E-state index is 0.341. The quantitative estimate of drug-likeness (QED) is 0.363. The number of aromatic amines is 1. The summed E-state index contributed by atoms with van der Waals surface area (Å²) in [7, 11) is 1.63. The number of rotatable bonds is 9. The van der Waals surface area contributed by atoms with E-state index < -0.39 is 0 Å². The van der Waals surface area contributed by atoms with E-state index >= 15 is 0 Å². The molecule has 0 bridgehead atoms. The van der Waals surface area contributed by atoms with Crippen LogP contribution in [0.4, 0.5) is 0 Å². The van der Waals surface area contributed by atoms with Gasteiger partial charge in [-0.25, -0.2) is 9.98 Å². The van der Waals surface area contributed by atoms with Gasteiger partial charge in [0.1, 0.15) is 18.1 Å². The summed E-state index contributed by atoms with van der Waals surface area (Å²) in [6, 6.07) is 7.55. The fraction of sp³-hybridized carbons (Fsp3) is 0.438. The lowest BCUT2D eigenvalue weighted by Gasteiger charge is -2.04. The van der Waals surface area contributed by atoms with Gasteiger partial charge in [0.2, 0.25) is 0 Å². The summed E-state index contributed by atoms with van der Waals surface area (Å²) in [4.78, 5) is 8.65. The van der Waals surface area contributed by atoms with Gasteiger partial charge in [0.15, 0.2) is 11.8 Å². The summed E-state index contributed by atoms with van der Waals surface area (Å²) in [6.45, 7) is 4.48. The van der Waals surface area contributed by atoms with Gasteiger partial charge in [-0.3, -0.25) is 5.10 Å². The Hall–Kier alpha value is -2.61. The largest absolute Gasteiger partial charge is 0.497 e. The van der Waals surface area contributed by atoms with Crippen LogP contribution in [-0.2, 0) is 11.3 Å². The van der Waals surface area contributed by atoms with Gasteiger partial charge in [0.25, 0.3) is 0 Å². The molecule has 0 fully saturated rings. The zero-order chi connectivity index (χ0) is 17.2. The van der Waals surface area contributed by atoms with Crippen LogP contribution in [0.2, 0.25) is 0 Å². The number of benzene rings is 1. The Labute approximate surface area is 141 Å². The van der Waals surface area contributed by atoms with Crippen LogP contribution >= 0.6 is 0 Å². The zero-order valence-corrected chi connectivity index (χ0v) is 14.1. The van der Waals surface area contributed by atoms with Gasteiger partial charge in [-0.05, 0) is 37.6 Å². The first kappa shape index (κ1) is 17.7. The highest BCUT2D eigenvalue weighted by Gasteiger charge is 2.06. The van der Waals surface area contributed by atoms with Gasteiger partial charge in [-0.1, -0.05) is 0 Å². The molecule has 24 heavy (non-hydrogen) atoms. The third kappa shape index (κ3) is 5.54. The van der Waals surface area contributed by atoms with Crippen molar-refractivity contribution < 1.29 is 9.47 Å². The molecule has 1 aromatic carbocycles. The van der Waals surface area contributed by atoms with E-state index in [1.165, 1.54) is 0 Å². The first-order valence-corrected chi connectivity index (χ1v) is 7.90. The molecule has 1 heterocycles. The maximum atomic E-state index is 5.81. The van der Waals surface area contributed by atoms with Gasteiger partial charge in [0.05, 0.1) is 7.11 Å². The fourth-order valence-electron chi connectivity index (χ4n) is 1.99. The van der Waals surface area contributed by atoms with Crippen molar-refractivity contribution in [1.82, 2.24) is 20.5 Å². The molecule has 2 rings (SSSR count). The molecule has 0 amide bonds. The number of nitrogens with two attached hydrogens (primary N) is 1. The van der Waals surface area contributed by atoms with Crippen molar-refractivity contribution >= 4 is 5.96 Å². The lowest BCUT2D eigenvalue weighted by atomic mass is 10.2. The minimum absolute atomic E-state index is 0.341. The maximum absolute atomic E-state index is 5.81. The highest BCUT2D eigenvalue weighted by Crippen LogP contribution is 2.18. The topological polar surface area (TPSA) is 110 Å². The number of guanidine groups is 1. The molecule has 8 nitrogen and oxygen atoms in total. The van der Waals surface area contributed by atoms with Crippen molar-refractivity contribution in [1.29, 1.82) is 0 Å². The molecule has 1 aromatic heterocycles. The molecule has 130 valence electrons. The highest BCUT2D eigenvalue weighted by atomic mass is 16.5. The van der Waals surface area contributed by atoms with Crippen LogP contribution in [0.3, 0.4) is 0 Å². The molecule has 8 heteroatoms. The normalized spacial score (nSPS) is 11.5. The van der Waals surface area contributed by atoms with Gasteiger partial charge in [0, 0.05) is 25.3 Å². The Kier molecular flexibility index (Phi) is 7.03. The van der Waals surface area contributed by atoms with E-state index in [0.29, 0.717) is 30.8 Å². The van der Waals surface area contributed by atoms with Gasteiger partial charge in [-0.2, -0.15) is 5.10 Å². The number of aromatic nitrogens is 3. The smallest absolute Gasteiger partial charge is 0.189 e. The Morgan fingerprint density at radius 3 is 2.83 bits per heavy atom. The fourth-order valence-corrected chi connectivity index (χ4v) is 1.99. The molecular weight excluding hydrogens is 308 g/mol. The second-order valence-corrected chi connectivity index (χ2v) is 5.01. The number of nitrogens with one attached hydrogen (secondary N) is 2. The van der Waals surface area contributed by atoms with E-state index in [0.717, 1.165) is 30.9 Å². The molecule has 0 aliphatic carbocycles. The summed E-state index contributed by atoms with van der Waals surface area (Å²) in [6.07, 6.45) is 0.883. The minimum Gasteiger partial charge on any atom is -0.497 e. The molecule has 0 unspecified atom stereocenters. The van der Waals surface area contributed by atoms with Crippen LogP contribution in [-0.4, -0.2) is 48.0 Å². The number of hydrogen-bond donors (Lipinski definition) is 3. The second-order valence-electron chi connectivity index (χ2n) is 5.01. The maximum Gasteiger partial charge on any atom is 0.189 e. The van der Waals surface area contributed by atoms with E-state index in [1.807, 2.05) is 31.2 Å². The summed E-state index contributed by atoms with van der Waals surface area (Å²) < 4.78 is 10.4. The number of nitrogens with zero attached hydrogens (tertiary/aromatic N) is 3. The first-order valence-electron chi connectivity index (χ1n) is 7.90. The average Bonchev–Trinajstić information content (AvgIpc) is 3.09. The van der Waals surface area contributed by atoms with Crippen molar-refractivity contribution in [2.75, 3.05) is 26.9 Å². The lowest BCUT2D eigenvalue weighted by molar-refractivity contribution is 0.145. The van der Waals surface area contributed by atoms with E-state index in [9.17, 15) is 0 Å². The average molecular weight is 332 g/mol. The number of aliphatic imine (C=N–C) groups is 1. The predicted molar refractivity (Wildman–Crippen MR) is 92.8 cm³/mol. The third-order valence-corrected chi connectivity index (χ3v) is 3.25. The van der Waals surface area contributed by atoms with Crippen LogP contribution in [0, 0.1) is 0 Å². The van der Waals surface area contributed by atoms with Crippen LogP contribution in [0.25, 0.3) is 11.4 Å². The Morgan fingerprint density at radius 2 is 2.12 bits per heavy atom. The molecule has 0 aliphatic rings. The molecule has 0 aliphatic heterocycles. The summed E-state index contributed by atoms with van der Waals surface area (Å²) >= 11 is 0. The number of ether oxygens (including phenoxy) is 2. The van der Waals surface area contributed by atoms with Crippen molar-refractivity contribution in [2.45, 2.75) is 19.9 Å². The Bertz CT molecular complexity index is 638. The van der Waals surface area contributed by atoms with E-state index in [2.05, 4.69) is 25.5 Å². The monoisotopic (exact) mass is 332 g/mol. The molecule has 4 N–H and O–H groups in total. The molecule has 0 saturated carbocycles. The van der Waals surface area contributed by atoms with Gasteiger partial charge in [-0.15, -0.1) is 0 Å². The van der Waals surface area contributed by atoms with E-state index in [1.54, 1.807) is 7.11 Å². The Morgan fingerprint density at radius 1 is 1.33 bits per heavy atom. The molecule has 0 spiro atoms. The van der Waals surface area contributed by atoms with E-state index in [4.69, 9.17) is 15.2 Å². The summed E-state index contributed by atoms with van der Waals surface area (Å²) in [5, 5.41) is 10.1. The standard InChI is InChI=1S/C16H24N6O2/c1-3-24-10-4-9-18-16(17)19-11-14-20-15(22-21-14)12-5-7-13(23-2)8-6-12/h5-8H,3-4,9-11H2,1-2H3,(H3,17,18,19)(H,20,21,22). The van der Waals surface area contributed by atoms with Gasteiger partial charge >= 0.3 is 0 Å². The lowest BCUT2D eigenvalue weighted by Crippen LogP contribution is -2.32. The highest BCUT2D eigenvalue weighted by molar-refractivity contribution is 5.77. The van der Waals surface area contributed by atoms with Crippen molar-refractivity contribution in [3.63, 3.8) is 0 Å².